The van der Waals surface area contributed by atoms with Gasteiger partial charge in [0.2, 0.25) is 0 Å². The number of ether oxygens (including phenoxy) is 2. The lowest BCUT2D eigenvalue weighted by Gasteiger charge is -2.52. The number of halogens is 1. The van der Waals surface area contributed by atoms with Gasteiger partial charge >= 0.3 is 5.97 Å². The van der Waals surface area contributed by atoms with Crippen LogP contribution in [0.2, 0.25) is 0 Å². The lowest BCUT2D eigenvalue weighted by Crippen LogP contribution is -3.00. The molecule has 2 unspecified atom stereocenters. The van der Waals surface area contributed by atoms with E-state index < -0.39 is 5.54 Å². The van der Waals surface area contributed by atoms with E-state index in [0.29, 0.717) is 5.92 Å². The maximum Gasteiger partial charge on any atom is 0.332 e. The Hall–Kier alpha value is -1.41. The van der Waals surface area contributed by atoms with Crippen LogP contribution in [0.1, 0.15) is 50.3 Å². The van der Waals surface area contributed by atoms with E-state index in [1.54, 1.807) is 11.3 Å². The van der Waals surface area contributed by atoms with Gasteiger partial charge in [-0.15, -0.1) is 11.3 Å². The molecule has 7 heteroatoms. The zero-order valence-electron chi connectivity index (χ0n) is 20.9. The highest BCUT2D eigenvalue weighted by atomic mass is 79.9. The third-order valence-electron chi connectivity index (χ3n) is 8.48. The molecule has 0 aliphatic carbocycles. The molecular weight excluding hydrogens is 524 g/mol. The van der Waals surface area contributed by atoms with Crippen LogP contribution < -0.4 is 21.7 Å². The first kappa shape index (κ1) is 26.6. The van der Waals surface area contributed by atoms with Gasteiger partial charge in [-0.25, -0.2) is 4.79 Å². The van der Waals surface area contributed by atoms with Gasteiger partial charge in [0, 0.05) is 30.1 Å². The predicted molar refractivity (Wildman–Crippen MR) is 136 cm³/mol. The molecule has 1 aromatic heterocycles. The average Bonchev–Trinajstić information content (AvgIpc) is 3.44. The highest BCUT2D eigenvalue weighted by Gasteiger charge is 2.50. The summed E-state index contributed by atoms with van der Waals surface area (Å²) in [4.78, 5) is 17.3. The van der Waals surface area contributed by atoms with Crippen LogP contribution in [0.3, 0.4) is 0 Å². The lowest BCUT2D eigenvalue weighted by molar-refractivity contribution is -0.946. The van der Waals surface area contributed by atoms with Gasteiger partial charge in [0.1, 0.15) is 12.3 Å². The summed E-state index contributed by atoms with van der Waals surface area (Å²) in [6.45, 7) is 9.25. The number of esters is 1. The zero-order chi connectivity index (χ0) is 23.4. The number of fused-ring (bicyclic) bond motifs is 3. The van der Waals surface area contributed by atoms with Crippen LogP contribution in [0, 0.1) is 5.92 Å². The number of rotatable bonds is 9. The molecule has 4 aliphatic heterocycles. The second-order valence-electron chi connectivity index (χ2n) is 10.6. The van der Waals surface area contributed by atoms with Crippen molar-refractivity contribution in [2.45, 2.75) is 57.1 Å². The molecule has 35 heavy (non-hydrogen) atoms. The van der Waals surface area contributed by atoms with E-state index in [9.17, 15) is 4.79 Å². The summed E-state index contributed by atoms with van der Waals surface area (Å²) in [6, 6.07) is 14.2. The topological polar surface area (TPSA) is 38.8 Å². The molecule has 0 amide bonds. The molecule has 4 aliphatic rings. The minimum Gasteiger partial charge on any atom is -1.00 e. The van der Waals surface area contributed by atoms with Gasteiger partial charge in [0.05, 0.1) is 26.2 Å². The second-order valence-corrected chi connectivity index (χ2v) is 11.5. The fraction of sp³-hybridized carbons (Fsp3) is 0.607. The van der Waals surface area contributed by atoms with E-state index in [2.05, 4.69) is 29.3 Å². The number of likely N-dealkylation sites (tertiary alicyclic amines) is 1. The van der Waals surface area contributed by atoms with Crippen LogP contribution in [0.15, 0.2) is 47.8 Å². The summed E-state index contributed by atoms with van der Waals surface area (Å²) >= 11 is 1.68. The summed E-state index contributed by atoms with van der Waals surface area (Å²) in [5.41, 5.74) is -0.672. The SMILES string of the molecule is CC(C(=O)OC1C[N+]2(CCCOc3ccccc3)CCC1CC2)(c1cccs1)N1CCCCC1.[Br-]. The Morgan fingerprint density at radius 2 is 1.83 bits per heavy atom. The van der Waals surface area contributed by atoms with Crippen LogP contribution in [-0.4, -0.2) is 67.3 Å². The molecule has 2 bridgehead atoms. The lowest BCUT2D eigenvalue weighted by atomic mass is 9.82. The normalized spacial score (nSPS) is 28.0. The van der Waals surface area contributed by atoms with E-state index in [0.717, 1.165) is 80.0 Å². The van der Waals surface area contributed by atoms with E-state index >= 15 is 0 Å². The standard InChI is InChI=1S/C28H39N2O3S.BrH/c1-28(26-12-8-21-34-26,29-15-6-3-7-16-29)27(31)33-25-22-30(18-13-23(25)14-19-30)17-9-20-32-24-10-4-2-5-11-24;/h2,4-5,8,10-12,21,23,25H,3,6-7,9,13-20,22H2,1H3;1H/q+1;/p-1. The number of carbonyl (C=O) groups excluding carboxylic acids is 1. The zero-order valence-corrected chi connectivity index (χ0v) is 23.3. The maximum atomic E-state index is 13.8. The van der Waals surface area contributed by atoms with Gasteiger partial charge < -0.3 is 30.9 Å². The Morgan fingerprint density at radius 3 is 2.51 bits per heavy atom. The van der Waals surface area contributed by atoms with Crippen LogP contribution in [0.4, 0.5) is 0 Å². The highest BCUT2D eigenvalue weighted by Crippen LogP contribution is 2.39. The van der Waals surface area contributed by atoms with Gasteiger partial charge in [-0.2, -0.15) is 0 Å². The van der Waals surface area contributed by atoms with Crippen LogP contribution in [0.25, 0.3) is 0 Å². The summed E-state index contributed by atoms with van der Waals surface area (Å²) in [5.74, 6) is 1.41. The third kappa shape index (κ3) is 5.79. The number of thiophene rings is 1. The van der Waals surface area contributed by atoms with E-state index in [1.807, 2.05) is 30.3 Å². The second kappa shape index (κ2) is 11.8. The maximum absolute atomic E-state index is 13.8. The number of piperidine rings is 4. The molecule has 5 nitrogen and oxygen atoms in total. The quantitative estimate of drug-likeness (QED) is 0.266. The van der Waals surface area contributed by atoms with Crippen molar-refractivity contribution in [2.24, 2.45) is 5.92 Å². The number of benzene rings is 1. The fourth-order valence-corrected chi connectivity index (χ4v) is 7.21. The average molecular weight is 564 g/mol. The Kier molecular flexibility index (Phi) is 8.95. The molecule has 0 radical (unpaired) electrons. The van der Waals surface area contributed by atoms with Crippen LogP contribution in [-0.2, 0) is 15.1 Å². The predicted octanol–water partition coefficient (Wildman–Crippen LogP) is 2.07. The van der Waals surface area contributed by atoms with Crippen molar-refractivity contribution < 1.29 is 35.7 Å². The first-order chi connectivity index (χ1) is 16.6. The number of quaternary nitrogens is 1. The monoisotopic (exact) mass is 562 g/mol. The summed E-state index contributed by atoms with van der Waals surface area (Å²) in [6.07, 6.45) is 6.96. The molecule has 192 valence electrons. The van der Waals surface area contributed by atoms with E-state index in [1.165, 1.54) is 19.5 Å². The van der Waals surface area contributed by atoms with Crippen molar-refractivity contribution >= 4 is 17.3 Å². The molecule has 0 spiro atoms. The molecule has 5 heterocycles. The van der Waals surface area contributed by atoms with Gasteiger partial charge in [-0.3, -0.25) is 4.90 Å². The van der Waals surface area contributed by atoms with Gasteiger partial charge in [0.25, 0.3) is 0 Å². The number of carbonyl (C=O) groups is 1. The van der Waals surface area contributed by atoms with Gasteiger partial charge in [-0.1, -0.05) is 30.7 Å². The van der Waals surface area contributed by atoms with Crippen molar-refractivity contribution in [3.63, 3.8) is 0 Å². The van der Waals surface area contributed by atoms with Gasteiger partial charge in [0.15, 0.2) is 11.6 Å². The minimum atomic E-state index is -0.672. The largest absolute Gasteiger partial charge is 1.00 e. The summed E-state index contributed by atoms with van der Waals surface area (Å²) in [7, 11) is 0. The highest BCUT2D eigenvalue weighted by molar-refractivity contribution is 7.10. The molecule has 2 atom stereocenters. The van der Waals surface area contributed by atoms with Gasteiger partial charge in [-0.05, 0) is 56.4 Å². The molecule has 2 aromatic rings. The summed E-state index contributed by atoms with van der Waals surface area (Å²) in [5, 5.41) is 2.08. The van der Waals surface area contributed by atoms with E-state index in [4.69, 9.17) is 9.47 Å². The number of hydrogen-bond donors (Lipinski definition) is 0. The molecule has 4 fully saturated rings. The molecule has 6 rings (SSSR count). The van der Waals surface area contributed by atoms with Crippen molar-refractivity contribution in [1.29, 1.82) is 0 Å². The Labute approximate surface area is 224 Å². The van der Waals surface area contributed by atoms with Crippen LogP contribution in [0.5, 0.6) is 5.75 Å². The third-order valence-corrected chi connectivity index (χ3v) is 9.56. The smallest absolute Gasteiger partial charge is 0.332 e. The Balaban J connectivity index is 0.00000289. The fourth-order valence-electron chi connectivity index (χ4n) is 6.31. The number of para-hydroxylation sites is 1. The van der Waals surface area contributed by atoms with E-state index in [-0.39, 0.29) is 29.1 Å². The van der Waals surface area contributed by atoms with Crippen molar-refractivity contribution in [1.82, 2.24) is 4.90 Å². The Bertz CT molecular complexity index is 927. The first-order valence-electron chi connectivity index (χ1n) is 13.1. The molecule has 0 N–H and O–H groups in total. The molecule has 4 saturated heterocycles. The summed E-state index contributed by atoms with van der Waals surface area (Å²) < 4.78 is 13.5. The molecule has 1 aromatic carbocycles. The van der Waals surface area contributed by atoms with Crippen LogP contribution >= 0.6 is 11.3 Å². The first-order valence-corrected chi connectivity index (χ1v) is 14.0. The number of hydrogen-bond acceptors (Lipinski definition) is 5. The Morgan fingerprint density at radius 1 is 1.09 bits per heavy atom. The van der Waals surface area contributed by atoms with Crippen molar-refractivity contribution in [2.75, 3.05) is 45.9 Å². The van der Waals surface area contributed by atoms with Crippen molar-refractivity contribution in [3.05, 3.63) is 52.7 Å². The molecule has 0 saturated carbocycles. The number of nitrogens with zero attached hydrogens (tertiary/aromatic N) is 2. The molecular formula is C28H39BrN2O3S. The minimum absolute atomic E-state index is 0. The van der Waals surface area contributed by atoms with Crippen molar-refractivity contribution in [3.8, 4) is 5.75 Å².